The van der Waals surface area contributed by atoms with Crippen LogP contribution in [0.5, 0.6) is 0 Å². The quantitative estimate of drug-likeness (QED) is 0.428. The van der Waals surface area contributed by atoms with E-state index in [0.29, 0.717) is 16.9 Å². The largest absolute Gasteiger partial charge is 0.319 e. The summed E-state index contributed by atoms with van der Waals surface area (Å²) in [5.41, 5.74) is 2.38. The lowest BCUT2D eigenvalue weighted by atomic mass is 10.1. The number of carbonyl (C=O) groups excluding carboxylic acids is 1. The summed E-state index contributed by atoms with van der Waals surface area (Å²) in [7, 11) is -3.60. The van der Waals surface area contributed by atoms with Crippen molar-refractivity contribution in [3.8, 4) is 16.9 Å². The lowest BCUT2D eigenvalue weighted by Gasteiger charge is -2.08. The lowest BCUT2D eigenvalue weighted by Crippen LogP contribution is -2.14. The van der Waals surface area contributed by atoms with Gasteiger partial charge < -0.3 is 5.32 Å². The van der Waals surface area contributed by atoms with Crippen LogP contribution in [0.1, 0.15) is 15.9 Å². The number of carbonyl (C=O) groups is 1. The first-order chi connectivity index (χ1) is 15.6. The zero-order chi connectivity index (χ0) is 23.8. The van der Waals surface area contributed by atoms with Crippen molar-refractivity contribution in [3.05, 3.63) is 95.7 Å². The van der Waals surface area contributed by atoms with E-state index < -0.39 is 27.4 Å². The van der Waals surface area contributed by atoms with Gasteiger partial charge in [-0.1, -0.05) is 29.8 Å². The Hall–Kier alpha value is -3.85. The Morgan fingerprint density at radius 2 is 1.64 bits per heavy atom. The summed E-state index contributed by atoms with van der Waals surface area (Å²) < 4.78 is 52.8. The van der Waals surface area contributed by atoms with Gasteiger partial charge in [0.05, 0.1) is 21.8 Å². The molecular formula is C24H19F2N3O3S. The van der Waals surface area contributed by atoms with Gasteiger partial charge in [0.25, 0.3) is 5.91 Å². The predicted octanol–water partition coefficient (Wildman–Crippen LogP) is 4.78. The zero-order valence-corrected chi connectivity index (χ0v) is 18.5. The first-order valence-corrected chi connectivity index (χ1v) is 11.7. The monoisotopic (exact) mass is 467 g/mol. The maximum absolute atomic E-state index is 14.3. The molecule has 6 nitrogen and oxygen atoms in total. The van der Waals surface area contributed by atoms with Crippen LogP contribution in [-0.2, 0) is 9.84 Å². The number of hydrogen-bond donors (Lipinski definition) is 1. The molecule has 1 amide bonds. The molecule has 0 unspecified atom stereocenters. The lowest BCUT2D eigenvalue weighted by molar-refractivity contribution is 0.102. The molecule has 0 aliphatic rings. The van der Waals surface area contributed by atoms with Gasteiger partial charge in [0.15, 0.2) is 9.84 Å². The van der Waals surface area contributed by atoms with Gasteiger partial charge in [-0.15, -0.1) is 0 Å². The second-order valence-corrected chi connectivity index (χ2v) is 9.56. The van der Waals surface area contributed by atoms with Crippen molar-refractivity contribution in [2.24, 2.45) is 0 Å². The fourth-order valence-corrected chi connectivity index (χ4v) is 3.86. The first kappa shape index (κ1) is 22.3. The van der Waals surface area contributed by atoms with Gasteiger partial charge in [0, 0.05) is 18.0 Å². The number of nitrogens with one attached hydrogen (secondary N) is 1. The maximum Gasteiger partial charge on any atom is 0.259 e. The van der Waals surface area contributed by atoms with Crippen molar-refractivity contribution in [1.29, 1.82) is 0 Å². The third kappa shape index (κ3) is 4.83. The molecule has 0 saturated carbocycles. The maximum atomic E-state index is 14.3. The van der Waals surface area contributed by atoms with Crippen LogP contribution in [0, 0.1) is 18.6 Å². The van der Waals surface area contributed by atoms with Gasteiger partial charge in [-0.25, -0.2) is 21.9 Å². The number of halogens is 2. The molecule has 0 bridgehead atoms. The van der Waals surface area contributed by atoms with Crippen LogP contribution < -0.4 is 5.32 Å². The number of aryl methyl sites for hydroxylation is 1. The molecule has 1 heterocycles. The Labute approximate surface area is 189 Å². The third-order valence-corrected chi connectivity index (χ3v) is 6.10. The minimum Gasteiger partial charge on any atom is -0.319 e. The van der Waals surface area contributed by atoms with Gasteiger partial charge in [-0.05, 0) is 49.4 Å². The molecule has 168 valence electrons. The Morgan fingerprint density at radius 1 is 0.970 bits per heavy atom. The first-order valence-electron chi connectivity index (χ1n) is 9.85. The SMILES string of the molecule is Cc1ccc(-c2nn(-c3ccc(F)cc3)cc2C(=O)Nc2cc(S(C)(=O)=O)ccc2F)cc1. The van der Waals surface area contributed by atoms with Crippen molar-refractivity contribution in [3.63, 3.8) is 0 Å². The highest BCUT2D eigenvalue weighted by Gasteiger charge is 2.21. The van der Waals surface area contributed by atoms with E-state index >= 15 is 0 Å². The molecule has 1 aromatic heterocycles. The number of anilines is 1. The Bertz CT molecular complexity index is 1450. The molecule has 0 spiro atoms. The van der Waals surface area contributed by atoms with Gasteiger partial charge in [-0.3, -0.25) is 4.79 Å². The predicted molar refractivity (Wildman–Crippen MR) is 121 cm³/mol. The van der Waals surface area contributed by atoms with Gasteiger partial charge >= 0.3 is 0 Å². The van der Waals surface area contributed by atoms with E-state index in [0.717, 1.165) is 30.0 Å². The summed E-state index contributed by atoms with van der Waals surface area (Å²) in [6, 6.07) is 16.1. The Morgan fingerprint density at radius 3 is 2.27 bits per heavy atom. The Kier molecular flexibility index (Phi) is 5.82. The molecule has 0 radical (unpaired) electrons. The molecule has 4 aromatic rings. The smallest absolute Gasteiger partial charge is 0.259 e. The molecule has 9 heteroatoms. The molecule has 0 fully saturated rings. The van der Waals surface area contributed by atoms with E-state index in [9.17, 15) is 22.0 Å². The average molecular weight is 467 g/mol. The number of nitrogens with zero attached hydrogens (tertiary/aromatic N) is 2. The number of hydrogen-bond acceptors (Lipinski definition) is 4. The van der Waals surface area contributed by atoms with Crippen molar-refractivity contribution in [2.45, 2.75) is 11.8 Å². The number of sulfone groups is 1. The molecule has 3 aromatic carbocycles. The summed E-state index contributed by atoms with van der Waals surface area (Å²) >= 11 is 0. The molecule has 0 atom stereocenters. The van der Waals surface area contributed by atoms with Crippen LogP contribution in [0.3, 0.4) is 0 Å². The normalized spacial score (nSPS) is 11.4. The molecule has 0 saturated heterocycles. The average Bonchev–Trinajstić information content (AvgIpc) is 3.21. The number of amides is 1. The zero-order valence-electron chi connectivity index (χ0n) is 17.7. The van der Waals surface area contributed by atoms with Gasteiger partial charge in [-0.2, -0.15) is 5.10 Å². The van der Waals surface area contributed by atoms with Crippen molar-refractivity contribution in [2.75, 3.05) is 11.6 Å². The van der Waals surface area contributed by atoms with E-state index in [1.54, 1.807) is 12.1 Å². The van der Waals surface area contributed by atoms with Crippen LogP contribution in [-0.4, -0.2) is 30.4 Å². The summed E-state index contributed by atoms with van der Waals surface area (Å²) in [4.78, 5) is 13.0. The highest BCUT2D eigenvalue weighted by atomic mass is 32.2. The van der Waals surface area contributed by atoms with E-state index in [1.165, 1.54) is 35.1 Å². The number of aromatic nitrogens is 2. The van der Waals surface area contributed by atoms with Crippen LogP contribution in [0.2, 0.25) is 0 Å². The standard InChI is InChI=1S/C24H19F2N3O3S/c1-15-3-5-16(6-4-15)23-20(14-29(28-23)18-9-7-17(25)8-10-18)24(30)27-22-13-19(33(2,31)32)11-12-21(22)26/h3-14H,1-2H3,(H,27,30). The minimum absolute atomic E-state index is 0.125. The molecule has 1 N–H and O–H groups in total. The fourth-order valence-electron chi connectivity index (χ4n) is 3.21. The molecular weight excluding hydrogens is 448 g/mol. The Balaban J connectivity index is 1.78. The minimum atomic E-state index is -3.60. The van der Waals surface area contributed by atoms with Crippen LogP contribution in [0.4, 0.5) is 14.5 Å². The van der Waals surface area contributed by atoms with Crippen molar-refractivity contribution < 1.29 is 22.0 Å². The van der Waals surface area contributed by atoms with Gasteiger partial charge in [0.1, 0.15) is 17.3 Å². The summed E-state index contributed by atoms with van der Waals surface area (Å²) in [6.45, 7) is 1.92. The topological polar surface area (TPSA) is 81.1 Å². The second-order valence-electron chi connectivity index (χ2n) is 7.55. The molecule has 4 rings (SSSR count). The van der Waals surface area contributed by atoms with E-state index in [2.05, 4.69) is 10.4 Å². The number of rotatable bonds is 5. The molecule has 33 heavy (non-hydrogen) atoms. The van der Waals surface area contributed by atoms with E-state index in [4.69, 9.17) is 0 Å². The van der Waals surface area contributed by atoms with Crippen molar-refractivity contribution in [1.82, 2.24) is 9.78 Å². The summed E-state index contributed by atoms with van der Waals surface area (Å²) in [6.07, 6.45) is 2.45. The molecule has 0 aliphatic heterocycles. The highest BCUT2D eigenvalue weighted by Crippen LogP contribution is 2.26. The van der Waals surface area contributed by atoms with Crippen LogP contribution in [0.25, 0.3) is 16.9 Å². The van der Waals surface area contributed by atoms with Gasteiger partial charge in [0.2, 0.25) is 0 Å². The second kappa shape index (κ2) is 8.59. The van der Waals surface area contributed by atoms with E-state index in [-0.39, 0.29) is 16.1 Å². The summed E-state index contributed by atoms with van der Waals surface area (Å²) in [5.74, 6) is -1.87. The third-order valence-electron chi connectivity index (χ3n) is 4.99. The van der Waals surface area contributed by atoms with Crippen LogP contribution >= 0.6 is 0 Å². The highest BCUT2D eigenvalue weighted by molar-refractivity contribution is 7.90. The van der Waals surface area contributed by atoms with Crippen LogP contribution in [0.15, 0.2) is 77.8 Å². The number of benzene rings is 3. The summed E-state index contributed by atoms with van der Waals surface area (Å²) in [5, 5.41) is 6.94. The fraction of sp³-hybridized carbons (Fsp3) is 0.0833. The van der Waals surface area contributed by atoms with Crippen molar-refractivity contribution >= 4 is 21.4 Å². The molecule has 0 aliphatic carbocycles. The van der Waals surface area contributed by atoms with E-state index in [1.807, 2.05) is 19.1 Å².